The van der Waals surface area contributed by atoms with E-state index in [2.05, 4.69) is 74.5 Å². The van der Waals surface area contributed by atoms with E-state index in [0.29, 0.717) is 0 Å². The molecule has 0 saturated heterocycles. The molecule has 3 aromatic rings. The van der Waals surface area contributed by atoms with Crippen molar-refractivity contribution in [3.05, 3.63) is 66.2 Å². The van der Waals surface area contributed by atoms with Crippen molar-refractivity contribution < 1.29 is 4.74 Å². The Labute approximate surface area is 138 Å². The number of benzene rings is 3. The number of aryl methyl sites for hydroxylation is 1. The van der Waals surface area contributed by atoms with Gasteiger partial charge in [0.2, 0.25) is 0 Å². The van der Waals surface area contributed by atoms with Gasteiger partial charge < -0.3 is 4.74 Å². The number of hydrogen-bond donors (Lipinski definition) is 0. The van der Waals surface area contributed by atoms with E-state index >= 15 is 0 Å². The third kappa shape index (κ3) is 3.56. The standard InChI is InChI=1S/C22H24O/c1-3-5-14-23-22-13-12-21(15-17(22)4-2)20-11-10-18-8-6-7-9-19(18)16-20/h6-13,15-16H,3-5,14H2,1-2H3. The Morgan fingerprint density at radius 2 is 1.52 bits per heavy atom. The molecule has 0 N–H and O–H groups in total. The Hall–Kier alpha value is -2.28. The summed E-state index contributed by atoms with van der Waals surface area (Å²) in [6.45, 7) is 5.18. The minimum Gasteiger partial charge on any atom is -0.493 e. The molecule has 118 valence electrons. The fourth-order valence-corrected chi connectivity index (χ4v) is 2.87. The maximum Gasteiger partial charge on any atom is 0.122 e. The number of hydrogen-bond acceptors (Lipinski definition) is 1. The summed E-state index contributed by atoms with van der Waals surface area (Å²) in [5, 5.41) is 2.57. The van der Waals surface area contributed by atoms with Gasteiger partial charge >= 0.3 is 0 Å². The smallest absolute Gasteiger partial charge is 0.122 e. The summed E-state index contributed by atoms with van der Waals surface area (Å²) in [6, 6.07) is 21.7. The van der Waals surface area contributed by atoms with Crippen molar-refractivity contribution in [2.45, 2.75) is 33.1 Å². The molecule has 0 unspecified atom stereocenters. The molecule has 0 heterocycles. The van der Waals surface area contributed by atoms with Crippen LogP contribution in [-0.2, 0) is 6.42 Å². The Bertz CT molecular complexity index is 789. The lowest BCUT2D eigenvalue weighted by molar-refractivity contribution is 0.306. The number of ether oxygens (including phenoxy) is 1. The minimum absolute atomic E-state index is 0.804. The highest BCUT2D eigenvalue weighted by molar-refractivity contribution is 5.87. The van der Waals surface area contributed by atoms with Crippen molar-refractivity contribution in [1.29, 1.82) is 0 Å². The molecule has 3 aromatic carbocycles. The molecule has 0 saturated carbocycles. The second-order valence-electron chi connectivity index (χ2n) is 5.94. The van der Waals surface area contributed by atoms with Gasteiger partial charge in [0.1, 0.15) is 5.75 Å². The molecule has 0 aliphatic rings. The summed E-state index contributed by atoms with van der Waals surface area (Å²) in [5.41, 5.74) is 3.81. The van der Waals surface area contributed by atoms with E-state index in [0.717, 1.165) is 31.6 Å². The maximum atomic E-state index is 5.93. The lowest BCUT2D eigenvalue weighted by Gasteiger charge is -2.12. The Morgan fingerprint density at radius 1 is 0.783 bits per heavy atom. The highest BCUT2D eigenvalue weighted by Gasteiger charge is 2.06. The number of unbranched alkanes of at least 4 members (excludes halogenated alkanes) is 1. The molecule has 0 aromatic heterocycles. The molecule has 1 nitrogen and oxygen atoms in total. The molecule has 1 heteroatoms. The largest absolute Gasteiger partial charge is 0.493 e. The van der Waals surface area contributed by atoms with Crippen molar-refractivity contribution in [3.8, 4) is 16.9 Å². The van der Waals surface area contributed by atoms with Gasteiger partial charge in [-0.2, -0.15) is 0 Å². The van der Waals surface area contributed by atoms with Crippen LogP contribution in [0.5, 0.6) is 5.75 Å². The van der Waals surface area contributed by atoms with Gasteiger partial charge in [-0.05, 0) is 58.5 Å². The van der Waals surface area contributed by atoms with Crippen LogP contribution in [0.1, 0.15) is 32.3 Å². The van der Waals surface area contributed by atoms with Crippen LogP contribution < -0.4 is 4.74 Å². The Balaban J connectivity index is 1.92. The van der Waals surface area contributed by atoms with Gasteiger partial charge in [0.25, 0.3) is 0 Å². The van der Waals surface area contributed by atoms with E-state index in [9.17, 15) is 0 Å². The van der Waals surface area contributed by atoms with Crippen molar-refractivity contribution in [2.75, 3.05) is 6.61 Å². The predicted octanol–water partition coefficient (Wildman–Crippen LogP) is 6.25. The Morgan fingerprint density at radius 3 is 2.30 bits per heavy atom. The topological polar surface area (TPSA) is 9.23 Å². The molecule has 0 fully saturated rings. The highest BCUT2D eigenvalue weighted by atomic mass is 16.5. The molecule has 0 radical (unpaired) electrons. The average molecular weight is 304 g/mol. The predicted molar refractivity (Wildman–Crippen MR) is 99.2 cm³/mol. The minimum atomic E-state index is 0.804. The fourth-order valence-electron chi connectivity index (χ4n) is 2.87. The van der Waals surface area contributed by atoms with E-state index in [1.165, 1.54) is 27.5 Å². The lowest BCUT2D eigenvalue weighted by Crippen LogP contribution is -1.99. The van der Waals surface area contributed by atoms with Gasteiger partial charge in [-0.15, -0.1) is 0 Å². The molecule has 0 spiro atoms. The quantitative estimate of drug-likeness (QED) is 0.489. The van der Waals surface area contributed by atoms with Crippen LogP contribution in [0.4, 0.5) is 0 Å². The molecule has 0 bridgehead atoms. The molecular formula is C22H24O. The van der Waals surface area contributed by atoms with Crippen LogP contribution in [-0.4, -0.2) is 6.61 Å². The molecular weight excluding hydrogens is 280 g/mol. The molecule has 23 heavy (non-hydrogen) atoms. The van der Waals surface area contributed by atoms with E-state index in [-0.39, 0.29) is 0 Å². The summed E-state index contributed by atoms with van der Waals surface area (Å²) in [5.74, 6) is 1.03. The van der Waals surface area contributed by atoms with Crippen molar-refractivity contribution in [3.63, 3.8) is 0 Å². The first-order valence-electron chi connectivity index (χ1n) is 8.56. The lowest BCUT2D eigenvalue weighted by atomic mass is 9.98. The van der Waals surface area contributed by atoms with Crippen molar-refractivity contribution in [2.24, 2.45) is 0 Å². The number of rotatable bonds is 6. The molecule has 0 aliphatic carbocycles. The van der Waals surface area contributed by atoms with Crippen LogP contribution in [0.2, 0.25) is 0 Å². The van der Waals surface area contributed by atoms with Crippen molar-refractivity contribution >= 4 is 10.8 Å². The van der Waals surface area contributed by atoms with Crippen LogP contribution in [0.3, 0.4) is 0 Å². The average Bonchev–Trinajstić information content (AvgIpc) is 2.61. The van der Waals surface area contributed by atoms with Gasteiger partial charge in [-0.1, -0.05) is 62.7 Å². The zero-order valence-electron chi connectivity index (χ0n) is 14.0. The molecule has 0 aliphatic heterocycles. The second-order valence-corrected chi connectivity index (χ2v) is 5.94. The van der Waals surface area contributed by atoms with E-state index in [4.69, 9.17) is 4.74 Å². The fraction of sp³-hybridized carbons (Fsp3) is 0.273. The van der Waals surface area contributed by atoms with Gasteiger partial charge in [-0.3, -0.25) is 0 Å². The van der Waals surface area contributed by atoms with Crippen LogP contribution in [0.15, 0.2) is 60.7 Å². The summed E-state index contributed by atoms with van der Waals surface area (Å²) in [7, 11) is 0. The summed E-state index contributed by atoms with van der Waals surface area (Å²) in [6.07, 6.45) is 3.26. The van der Waals surface area contributed by atoms with E-state index < -0.39 is 0 Å². The third-order valence-electron chi connectivity index (χ3n) is 4.28. The molecule has 0 amide bonds. The first kappa shape index (κ1) is 15.6. The first-order chi connectivity index (χ1) is 11.3. The normalized spacial score (nSPS) is 10.9. The third-order valence-corrected chi connectivity index (χ3v) is 4.28. The maximum absolute atomic E-state index is 5.93. The van der Waals surface area contributed by atoms with E-state index in [1.807, 2.05) is 0 Å². The van der Waals surface area contributed by atoms with Crippen LogP contribution >= 0.6 is 0 Å². The van der Waals surface area contributed by atoms with Gasteiger partial charge in [0.05, 0.1) is 6.61 Å². The van der Waals surface area contributed by atoms with Gasteiger partial charge in [-0.25, -0.2) is 0 Å². The summed E-state index contributed by atoms with van der Waals surface area (Å²) in [4.78, 5) is 0. The zero-order chi connectivity index (χ0) is 16.1. The van der Waals surface area contributed by atoms with Gasteiger partial charge in [0.15, 0.2) is 0 Å². The number of fused-ring (bicyclic) bond motifs is 1. The van der Waals surface area contributed by atoms with Crippen LogP contribution in [0.25, 0.3) is 21.9 Å². The highest BCUT2D eigenvalue weighted by Crippen LogP contribution is 2.29. The SMILES string of the molecule is CCCCOc1ccc(-c2ccc3ccccc3c2)cc1CC. The van der Waals surface area contributed by atoms with Gasteiger partial charge in [0, 0.05) is 0 Å². The summed E-state index contributed by atoms with van der Waals surface area (Å²) >= 11 is 0. The Kier molecular flexibility index (Phi) is 4.97. The monoisotopic (exact) mass is 304 g/mol. The van der Waals surface area contributed by atoms with Crippen molar-refractivity contribution in [1.82, 2.24) is 0 Å². The molecule has 3 rings (SSSR count). The summed E-state index contributed by atoms with van der Waals surface area (Å²) < 4.78 is 5.93. The molecule has 0 atom stereocenters. The second kappa shape index (κ2) is 7.32. The van der Waals surface area contributed by atoms with Crippen LogP contribution in [0, 0.1) is 0 Å². The first-order valence-corrected chi connectivity index (χ1v) is 8.56. The zero-order valence-corrected chi connectivity index (χ0v) is 14.0. The van der Waals surface area contributed by atoms with E-state index in [1.54, 1.807) is 0 Å².